The van der Waals surface area contributed by atoms with Gasteiger partial charge in [-0.05, 0) is 25.0 Å². The highest BCUT2D eigenvalue weighted by atomic mass is 32.2. The summed E-state index contributed by atoms with van der Waals surface area (Å²) in [7, 11) is -1.75. The fraction of sp³-hybridized carbons (Fsp3) is 0.533. The van der Waals surface area contributed by atoms with Gasteiger partial charge in [-0.1, -0.05) is 6.42 Å². The molecule has 2 N–H and O–H groups in total. The minimum absolute atomic E-state index is 0.329. The topological polar surface area (TPSA) is 87.3 Å². The highest BCUT2D eigenvalue weighted by Gasteiger charge is 2.23. The molecule has 0 atom stereocenters. The van der Waals surface area contributed by atoms with Gasteiger partial charge in [0.15, 0.2) is 0 Å². The van der Waals surface area contributed by atoms with Gasteiger partial charge in [-0.3, -0.25) is 0 Å². The van der Waals surface area contributed by atoms with Gasteiger partial charge in [0.2, 0.25) is 0 Å². The van der Waals surface area contributed by atoms with Crippen LogP contribution in [0.25, 0.3) is 11.0 Å². The third-order valence-corrected chi connectivity index (χ3v) is 5.65. The van der Waals surface area contributed by atoms with Crippen LogP contribution >= 0.6 is 0 Å². The molecule has 1 aromatic heterocycles. The molecular weight excluding hydrogens is 316 g/mol. The molecule has 0 unspecified atom stereocenters. The van der Waals surface area contributed by atoms with Crippen LogP contribution in [0.15, 0.2) is 18.2 Å². The Morgan fingerprint density at radius 1 is 1.30 bits per heavy atom. The van der Waals surface area contributed by atoms with E-state index < -0.39 is 10.2 Å². The monoisotopic (exact) mass is 338 g/mol. The molecule has 2 aromatic rings. The van der Waals surface area contributed by atoms with Crippen LogP contribution in [-0.2, 0) is 16.6 Å². The number of ether oxygens (including phenoxy) is 1. The van der Waals surface area contributed by atoms with E-state index in [1.807, 2.05) is 18.2 Å². The molecule has 0 aliphatic carbocycles. The van der Waals surface area contributed by atoms with Gasteiger partial charge in [-0.15, -0.1) is 0 Å². The van der Waals surface area contributed by atoms with E-state index in [9.17, 15) is 8.42 Å². The normalized spacial score (nSPS) is 16.7. The van der Waals surface area contributed by atoms with Gasteiger partial charge in [0.25, 0.3) is 10.2 Å². The summed E-state index contributed by atoms with van der Waals surface area (Å²) in [4.78, 5) is 7.66. The molecule has 0 amide bonds. The summed E-state index contributed by atoms with van der Waals surface area (Å²) in [5.41, 5.74) is 1.73. The van der Waals surface area contributed by atoms with E-state index in [-0.39, 0.29) is 0 Å². The van der Waals surface area contributed by atoms with Crippen LogP contribution in [0.1, 0.15) is 25.1 Å². The van der Waals surface area contributed by atoms with Crippen LogP contribution in [0.3, 0.4) is 0 Å². The Labute approximate surface area is 136 Å². The Hall–Kier alpha value is -1.64. The average molecular weight is 338 g/mol. The second-order valence-corrected chi connectivity index (χ2v) is 7.43. The number of nitrogens with one attached hydrogen (secondary N) is 2. The zero-order valence-corrected chi connectivity index (χ0v) is 14.0. The van der Waals surface area contributed by atoms with Crippen LogP contribution in [0.2, 0.25) is 0 Å². The van der Waals surface area contributed by atoms with Gasteiger partial charge in [0, 0.05) is 32.1 Å². The summed E-state index contributed by atoms with van der Waals surface area (Å²) in [5.74, 6) is 1.52. The first kappa shape index (κ1) is 16.2. The molecular formula is C15H22N4O3S. The molecule has 8 heteroatoms. The van der Waals surface area contributed by atoms with Gasteiger partial charge in [-0.2, -0.15) is 12.7 Å². The lowest BCUT2D eigenvalue weighted by Gasteiger charge is -2.25. The number of aromatic amines is 1. The van der Waals surface area contributed by atoms with Crippen molar-refractivity contribution >= 4 is 21.2 Å². The Bertz CT molecular complexity index is 766. The average Bonchev–Trinajstić information content (AvgIpc) is 2.97. The SMILES string of the molecule is COc1ccc2nc(CCNS(=O)(=O)N3CCCCC3)[nH]c2c1. The van der Waals surface area contributed by atoms with Gasteiger partial charge in [0.05, 0.1) is 18.1 Å². The zero-order chi connectivity index (χ0) is 16.3. The van der Waals surface area contributed by atoms with Gasteiger partial charge >= 0.3 is 0 Å². The summed E-state index contributed by atoms with van der Waals surface area (Å²) in [5, 5.41) is 0. The molecule has 1 aliphatic rings. The molecule has 0 bridgehead atoms. The molecule has 1 fully saturated rings. The molecule has 2 heterocycles. The molecule has 1 aliphatic heterocycles. The highest BCUT2D eigenvalue weighted by Crippen LogP contribution is 2.18. The smallest absolute Gasteiger partial charge is 0.279 e. The van der Waals surface area contributed by atoms with Crippen molar-refractivity contribution in [2.45, 2.75) is 25.7 Å². The van der Waals surface area contributed by atoms with Crippen molar-refractivity contribution in [1.82, 2.24) is 19.0 Å². The van der Waals surface area contributed by atoms with Crippen molar-refractivity contribution in [1.29, 1.82) is 0 Å². The standard InChI is InChI=1S/C15H22N4O3S/c1-22-12-5-6-13-14(11-12)18-15(17-13)7-8-16-23(20,21)19-9-3-2-4-10-19/h5-6,11,16H,2-4,7-10H2,1H3,(H,17,18). The Morgan fingerprint density at radius 2 is 2.09 bits per heavy atom. The van der Waals surface area contributed by atoms with E-state index in [2.05, 4.69) is 14.7 Å². The predicted molar refractivity (Wildman–Crippen MR) is 88.7 cm³/mol. The maximum atomic E-state index is 12.2. The molecule has 1 aromatic carbocycles. The first-order valence-corrected chi connectivity index (χ1v) is 9.30. The van der Waals surface area contributed by atoms with E-state index in [0.29, 0.717) is 26.1 Å². The second-order valence-electron chi connectivity index (χ2n) is 5.68. The van der Waals surface area contributed by atoms with Crippen molar-refractivity contribution in [3.8, 4) is 5.75 Å². The molecule has 7 nitrogen and oxygen atoms in total. The number of benzene rings is 1. The van der Waals surface area contributed by atoms with E-state index in [4.69, 9.17) is 4.74 Å². The number of hydrogen-bond acceptors (Lipinski definition) is 4. The zero-order valence-electron chi connectivity index (χ0n) is 13.2. The number of rotatable bonds is 6. The number of imidazole rings is 1. The summed E-state index contributed by atoms with van der Waals surface area (Å²) in [6, 6.07) is 5.61. The third-order valence-electron chi connectivity index (χ3n) is 4.04. The number of piperidine rings is 1. The summed E-state index contributed by atoms with van der Waals surface area (Å²) in [6.07, 6.45) is 3.50. The minimum Gasteiger partial charge on any atom is -0.497 e. The molecule has 23 heavy (non-hydrogen) atoms. The molecule has 3 rings (SSSR count). The van der Waals surface area contributed by atoms with Gasteiger partial charge in [0.1, 0.15) is 11.6 Å². The summed E-state index contributed by atoms with van der Waals surface area (Å²) >= 11 is 0. The summed E-state index contributed by atoms with van der Waals surface area (Å²) < 4.78 is 33.8. The lowest BCUT2D eigenvalue weighted by atomic mass is 10.2. The Balaban J connectivity index is 1.59. The number of methoxy groups -OCH3 is 1. The molecule has 1 saturated heterocycles. The third kappa shape index (κ3) is 3.82. The quantitative estimate of drug-likeness (QED) is 0.834. The van der Waals surface area contributed by atoms with Crippen LogP contribution < -0.4 is 9.46 Å². The number of H-pyrrole nitrogens is 1. The van der Waals surface area contributed by atoms with Crippen LogP contribution in [0.4, 0.5) is 0 Å². The fourth-order valence-electron chi connectivity index (χ4n) is 2.78. The lowest BCUT2D eigenvalue weighted by Crippen LogP contribution is -2.44. The Kier molecular flexibility index (Phi) is 4.84. The van der Waals surface area contributed by atoms with Crippen molar-refractivity contribution in [2.75, 3.05) is 26.7 Å². The summed E-state index contributed by atoms with van der Waals surface area (Å²) in [6.45, 7) is 1.55. The predicted octanol–water partition coefficient (Wildman–Crippen LogP) is 1.43. The molecule has 0 spiro atoms. The maximum Gasteiger partial charge on any atom is 0.279 e. The number of hydrogen-bond donors (Lipinski definition) is 2. The lowest BCUT2D eigenvalue weighted by molar-refractivity contribution is 0.342. The number of fused-ring (bicyclic) bond motifs is 1. The van der Waals surface area contributed by atoms with Crippen molar-refractivity contribution in [3.63, 3.8) is 0 Å². The van der Waals surface area contributed by atoms with E-state index >= 15 is 0 Å². The fourth-order valence-corrected chi connectivity index (χ4v) is 4.06. The number of aromatic nitrogens is 2. The molecule has 0 radical (unpaired) electrons. The van der Waals surface area contributed by atoms with E-state index in [1.54, 1.807) is 7.11 Å². The van der Waals surface area contributed by atoms with Crippen LogP contribution in [-0.4, -0.2) is 49.4 Å². The van der Waals surface area contributed by atoms with Crippen molar-refractivity contribution in [3.05, 3.63) is 24.0 Å². The molecule has 126 valence electrons. The van der Waals surface area contributed by atoms with Crippen molar-refractivity contribution < 1.29 is 13.2 Å². The first-order valence-electron chi connectivity index (χ1n) is 7.86. The van der Waals surface area contributed by atoms with E-state index in [0.717, 1.165) is 41.9 Å². The van der Waals surface area contributed by atoms with Gasteiger partial charge in [-0.25, -0.2) is 9.71 Å². The van der Waals surface area contributed by atoms with Crippen LogP contribution in [0, 0.1) is 0 Å². The van der Waals surface area contributed by atoms with Gasteiger partial charge < -0.3 is 9.72 Å². The number of nitrogens with zero attached hydrogens (tertiary/aromatic N) is 2. The first-order chi connectivity index (χ1) is 11.1. The largest absolute Gasteiger partial charge is 0.497 e. The van der Waals surface area contributed by atoms with E-state index in [1.165, 1.54) is 4.31 Å². The maximum absolute atomic E-state index is 12.2. The second kappa shape index (κ2) is 6.86. The Morgan fingerprint density at radius 3 is 2.83 bits per heavy atom. The highest BCUT2D eigenvalue weighted by molar-refractivity contribution is 7.87. The molecule has 0 saturated carbocycles. The van der Waals surface area contributed by atoms with Crippen LogP contribution in [0.5, 0.6) is 5.75 Å². The van der Waals surface area contributed by atoms with Crippen molar-refractivity contribution in [2.24, 2.45) is 0 Å². The minimum atomic E-state index is -3.37.